The zero-order chi connectivity index (χ0) is 23.6. The van der Waals surface area contributed by atoms with Crippen LogP contribution in [0.5, 0.6) is 5.75 Å². The van der Waals surface area contributed by atoms with Crippen molar-refractivity contribution >= 4 is 21.6 Å². The number of halogens is 3. The second-order valence-electron chi connectivity index (χ2n) is 6.83. The van der Waals surface area contributed by atoms with Crippen molar-refractivity contribution in [1.29, 1.82) is 0 Å². The molecule has 172 valence electrons. The SMILES string of the molecule is CCOc1ccc(NC(=O)C[C@@](O)(c2nccn2C)C(F)(F)F)cc1S(=O)(=O)N(C)C. The summed E-state index contributed by atoms with van der Waals surface area (Å²) in [6.07, 6.45) is -4.31. The molecule has 0 aliphatic carbocycles. The Hall–Kier alpha value is -2.64. The van der Waals surface area contributed by atoms with Crippen molar-refractivity contribution in [2.45, 2.75) is 30.0 Å². The smallest absolute Gasteiger partial charge is 0.425 e. The molecular formula is C18H23F3N4O5S. The second-order valence-corrected chi connectivity index (χ2v) is 8.95. The number of anilines is 1. The van der Waals surface area contributed by atoms with Crippen LogP contribution in [-0.2, 0) is 27.5 Å². The molecule has 1 aromatic heterocycles. The van der Waals surface area contributed by atoms with Crippen molar-refractivity contribution < 1.29 is 36.2 Å². The van der Waals surface area contributed by atoms with E-state index in [-0.39, 0.29) is 22.9 Å². The molecule has 2 aromatic rings. The minimum atomic E-state index is -5.19. The highest BCUT2D eigenvalue weighted by atomic mass is 32.2. The number of carbonyl (C=O) groups is 1. The molecular weight excluding hydrogens is 441 g/mol. The molecule has 9 nitrogen and oxygen atoms in total. The molecule has 2 N–H and O–H groups in total. The van der Waals surface area contributed by atoms with Gasteiger partial charge in [0.15, 0.2) is 5.82 Å². The number of sulfonamides is 1. The average Bonchev–Trinajstić information content (AvgIpc) is 3.08. The molecule has 13 heteroatoms. The van der Waals surface area contributed by atoms with Gasteiger partial charge in [-0.1, -0.05) is 0 Å². The van der Waals surface area contributed by atoms with Gasteiger partial charge in [-0.3, -0.25) is 4.79 Å². The van der Waals surface area contributed by atoms with Crippen molar-refractivity contribution in [1.82, 2.24) is 13.9 Å². The van der Waals surface area contributed by atoms with E-state index in [9.17, 15) is 31.5 Å². The fourth-order valence-corrected chi connectivity index (χ4v) is 3.82. The maximum Gasteiger partial charge on any atom is 0.425 e. The van der Waals surface area contributed by atoms with E-state index in [0.29, 0.717) is 0 Å². The zero-order valence-corrected chi connectivity index (χ0v) is 18.1. The van der Waals surface area contributed by atoms with E-state index in [1.54, 1.807) is 6.92 Å². The lowest BCUT2D eigenvalue weighted by Crippen LogP contribution is -2.46. The van der Waals surface area contributed by atoms with Crippen LogP contribution in [0.15, 0.2) is 35.5 Å². The molecule has 0 aliphatic heterocycles. The van der Waals surface area contributed by atoms with Gasteiger partial charge >= 0.3 is 6.18 Å². The lowest BCUT2D eigenvalue weighted by Gasteiger charge is -2.29. The number of rotatable bonds is 8. The van der Waals surface area contributed by atoms with Crippen LogP contribution in [0, 0.1) is 0 Å². The number of hydrogen-bond donors (Lipinski definition) is 2. The Morgan fingerprint density at radius 1 is 1.32 bits per heavy atom. The standard InChI is InChI=1S/C18H23F3N4O5S/c1-5-30-13-7-6-12(10-14(13)31(28,29)24(2)3)23-15(26)11-17(27,18(19,20)21)16-22-8-9-25(16)4/h6-10,27H,5,11H2,1-4H3,(H,23,26)/t17-/m1/s1. The zero-order valence-electron chi connectivity index (χ0n) is 17.3. The van der Waals surface area contributed by atoms with Gasteiger partial charge in [0.05, 0.1) is 13.0 Å². The molecule has 2 rings (SSSR count). The number of nitrogens with zero attached hydrogens (tertiary/aromatic N) is 3. The topological polar surface area (TPSA) is 114 Å². The number of aryl methyl sites for hydroxylation is 1. The number of nitrogens with one attached hydrogen (secondary N) is 1. The van der Waals surface area contributed by atoms with Gasteiger partial charge in [-0.15, -0.1) is 0 Å². The first kappa shape index (κ1) is 24.6. The summed E-state index contributed by atoms with van der Waals surface area (Å²) in [6.45, 7) is 1.82. The minimum absolute atomic E-state index is 0.0222. The first-order valence-electron chi connectivity index (χ1n) is 9.00. The molecule has 0 fully saturated rings. The Morgan fingerprint density at radius 2 is 1.97 bits per heavy atom. The number of aromatic nitrogens is 2. The Balaban J connectivity index is 2.38. The molecule has 0 unspecified atom stereocenters. The summed E-state index contributed by atoms with van der Waals surface area (Å²) in [7, 11) is -0.125. The third kappa shape index (κ3) is 4.99. The quantitative estimate of drug-likeness (QED) is 0.617. The number of ether oxygens (including phenoxy) is 1. The van der Waals surface area contributed by atoms with E-state index in [0.717, 1.165) is 21.1 Å². The summed E-state index contributed by atoms with van der Waals surface area (Å²) in [5.74, 6) is -1.92. The van der Waals surface area contributed by atoms with Crippen LogP contribution in [0.1, 0.15) is 19.2 Å². The minimum Gasteiger partial charge on any atom is -0.492 e. The van der Waals surface area contributed by atoms with Crippen molar-refractivity contribution in [3.05, 3.63) is 36.4 Å². The van der Waals surface area contributed by atoms with Crippen LogP contribution in [0.4, 0.5) is 18.9 Å². The maximum absolute atomic E-state index is 13.6. The summed E-state index contributed by atoms with van der Waals surface area (Å²) in [5, 5.41) is 12.5. The molecule has 1 atom stereocenters. The van der Waals surface area contributed by atoms with Crippen molar-refractivity contribution in [3.63, 3.8) is 0 Å². The summed E-state index contributed by atoms with van der Waals surface area (Å²) >= 11 is 0. The molecule has 1 aromatic carbocycles. The van der Waals surface area contributed by atoms with Gasteiger partial charge in [-0.25, -0.2) is 17.7 Å². The van der Waals surface area contributed by atoms with E-state index >= 15 is 0 Å². The molecule has 0 saturated heterocycles. The Labute approximate surface area is 177 Å². The first-order chi connectivity index (χ1) is 14.2. The normalized spacial score (nSPS) is 14.4. The fraction of sp³-hybridized carbons (Fsp3) is 0.444. The van der Waals surface area contributed by atoms with Gasteiger partial charge < -0.3 is 19.7 Å². The molecule has 1 heterocycles. The second kappa shape index (κ2) is 8.85. The summed E-state index contributed by atoms with van der Waals surface area (Å²) in [4.78, 5) is 15.6. The van der Waals surface area contributed by atoms with Gasteiger partial charge in [0, 0.05) is 39.2 Å². The number of benzene rings is 1. The predicted molar refractivity (Wildman–Crippen MR) is 105 cm³/mol. The Kier molecular flexibility index (Phi) is 7.03. The number of amides is 1. The van der Waals surface area contributed by atoms with E-state index in [4.69, 9.17) is 4.74 Å². The van der Waals surface area contributed by atoms with Crippen LogP contribution in [0.2, 0.25) is 0 Å². The average molecular weight is 464 g/mol. The lowest BCUT2D eigenvalue weighted by atomic mass is 9.97. The molecule has 0 spiro atoms. The van der Waals surface area contributed by atoms with Gasteiger partial charge in [-0.2, -0.15) is 13.2 Å². The number of aliphatic hydroxyl groups is 1. The number of carbonyl (C=O) groups excluding carboxylic acids is 1. The van der Waals surface area contributed by atoms with Crippen LogP contribution >= 0.6 is 0 Å². The molecule has 0 saturated carbocycles. The monoisotopic (exact) mass is 464 g/mol. The first-order valence-corrected chi connectivity index (χ1v) is 10.4. The van der Waals surface area contributed by atoms with Crippen molar-refractivity contribution in [2.24, 2.45) is 7.05 Å². The molecule has 31 heavy (non-hydrogen) atoms. The van der Waals surface area contributed by atoms with E-state index in [2.05, 4.69) is 10.3 Å². The van der Waals surface area contributed by atoms with Gasteiger partial charge in [0.25, 0.3) is 0 Å². The van der Waals surface area contributed by atoms with E-state index in [1.165, 1.54) is 39.5 Å². The molecule has 0 radical (unpaired) electrons. The molecule has 0 bridgehead atoms. The highest BCUT2D eigenvalue weighted by Crippen LogP contribution is 2.41. The van der Waals surface area contributed by atoms with Gasteiger partial charge in [-0.05, 0) is 25.1 Å². The Morgan fingerprint density at radius 3 is 2.45 bits per heavy atom. The number of imidazole rings is 1. The van der Waals surface area contributed by atoms with Crippen molar-refractivity contribution in [2.75, 3.05) is 26.0 Å². The summed E-state index contributed by atoms with van der Waals surface area (Å²) in [5.41, 5.74) is -3.63. The van der Waals surface area contributed by atoms with Crippen molar-refractivity contribution in [3.8, 4) is 5.75 Å². The van der Waals surface area contributed by atoms with Crippen LogP contribution in [-0.4, -0.2) is 60.2 Å². The number of alkyl halides is 3. The largest absolute Gasteiger partial charge is 0.492 e. The van der Waals surface area contributed by atoms with E-state index in [1.807, 2.05) is 0 Å². The highest BCUT2D eigenvalue weighted by molar-refractivity contribution is 7.89. The van der Waals surface area contributed by atoms with Crippen LogP contribution < -0.4 is 10.1 Å². The highest BCUT2D eigenvalue weighted by Gasteiger charge is 2.58. The van der Waals surface area contributed by atoms with Gasteiger partial charge in [0.2, 0.25) is 21.5 Å². The summed E-state index contributed by atoms with van der Waals surface area (Å²) in [6, 6.07) is 3.64. The fourth-order valence-electron chi connectivity index (χ4n) is 2.77. The molecule has 1 amide bonds. The van der Waals surface area contributed by atoms with Gasteiger partial charge in [0.1, 0.15) is 10.6 Å². The Bertz CT molecular complexity index is 1050. The number of hydrogen-bond acceptors (Lipinski definition) is 6. The van der Waals surface area contributed by atoms with E-state index < -0.39 is 40.0 Å². The maximum atomic E-state index is 13.6. The lowest BCUT2D eigenvalue weighted by molar-refractivity contribution is -0.270. The van der Waals surface area contributed by atoms with Crippen LogP contribution in [0.3, 0.4) is 0 Å². The third-order valence-electron chi connectivity index (χ3n) is 4.36. The molecule has 0 aliphatic rings. The third-order valence-corrected chi connectivity index (χ3v) is 6.20. The predicted octanol–water partition coefficient (Wildman–Crippen LogP) is 1.85. The summed E-state index contributed by atoms with van der Waals surface area (Å²) < 4.78 is 73.1. The van der Waals surface area contributed by atoms with Crippen LogP contribution in [0.25, 0.3) is 0 Å².